The average molecular weight is 374 g/mol. The molecular formula is C20H30N4O3. The molecule has 3 N–H and O–H groups in total. The van der Waals surface area contributed by atoms with Crippen molar-refractivity contribution in [2.75, 3.05) is 25.0 Å². The van der Waals surface area contributed by atoms with E-state index in [1.54, 1.807) is 0 Å². The molecule has 0 saturated carbocycles. The monoisotopic (exact) mass is 374 g/mol. The van der Waals surface area contributed by atoms with Crippen LogP contribution >= 0.6 is 0 Å². The Morgan fingerprint density at radius 2 is 1.81 bits per heavy atom. The molecule has 1 heterocycles. The summed E-state index contributed by atoms with van der Waals surface area (Å²) < 4.78 is 0. The molecule has 7 nitrogen and oxygen atoms in total. The third kappa shape index (κ3) is 6.36. The number of imide groups is 1. The van der Waals surface area contributed by atoms with E-state index >= 15 is 0 Å². The van der Waals surface area contributed by atoms with Crippen molar-refractivity contribution in [2.24, 2.45) is 5.92 Å². The van der Waals surface area contributed by atoms with Crippen molar-refractivity contribution in [2.45, 2.75) is 46.6 Å². The minimum Gasteiger partial charge on any atom is -0.353 e. The predicted octanol–water partition coefficient (Wildman–Crippen LogP) is 2.19. The van der Waals surface area contributed by atoms with Gasteiger partial charge in [-0.15, -0.1) is 0 Å². The Balaban J connectivity index is 1.74. The maximum absolute atomic E-state index is 12.1. The number of urea groups is 1. The summed E-state index contributed by atoms with van der Waals surface area (Å²) >= 11 is 0. The Kier molecular flexibility index (Phi) is 7.36. The van der Waals surface area contributed by atoms with Crippen LogP contribution in [-0.2, 0) is 9.59 Å². The smallest absolute Gasteiger partial charge is 0.325 e. The molecule has 1 saturated heterocycles. The number of carbonyl (C=O) groups excluding carboxylic acids is 3. The van der Waals surface area contributed by atoms with Gasteiger partial charge in [-0.25, -0.2) is 4.79 Å². The summed E-state index contributed by atoms with van der Waals surface area (Å²) in [6.07, 6.45) is 1.61. The third-order valence-corrected chi connectivity index (χ3v) is 4.93. The van der Waals surface area contributed by atoms with Gasteiger partial charge in [0, 0.05) is 30.7 Å². The average Bonchev–Trinajstić information content (AvgIpc) is 2.60. The van der Waals surface area contributed by atoms with Crippen LogP contribution in [0, 0.1) is 19.8 Å². The van der Waals surface area contributed by atoms with Crippen LogP contribution in [0.15, 0.2) is 18.2 Å². The summed E-state index contributed by atoms with van der Waals surface area (Å²) in [7, 11) is 0. The zero-order valence-electron chi connectivity index (χ0n) is 16.6. The maximum atomic E-state index is 12.1. The van der Waals surface area contributed by atoms with Crippen LogP contribution in [0.4, 0.5) is 10.5 Å². The molecule has 27 heavy (non-hydrogen) atoms. The van der Waals surface area contributed by atoms with E-state index in [9.17, 15) is 14.4 Å². The Morgan fingerprint density at radius 1 is 1.15 bits per heavy atom. The molecule has 4 amide bonds. The fourth-order valence-electron chi connectivity index (χ4n) is 3.01. The fourth-order valence-corrected chi connectivity index (χ4v) is 3.01. The van der Waals surface area contributed by atoms with Crippen LogP contribution in [0.1, 0.15) is 37.8 Å². The van der Waals surface area contributed by atoms with Gasteiger partial charge in [-0.1, -0.05) is 26.0 Å². The fraction of sp³-hybridized carbons (Fsp3) is 0.550. The molecule has 148 valence electrons. The molecular weight excluding hydrogens is 344 g/mol. The topological polar surface area (TPSA) is 90.5 Å². The van der Waals surface area contributed by atoms with Gasteiger partial charge in [0.05, 0.1) is 6.54 Å². The molecule has 1 aromatic rings. The lowest BCUT2D eigenvalue weighted by molar-refractivity contribution is -0.125. The number of nitrogens with one attached hydrogen (secondary N) is 3. The van der Waals surface area contributed by atoms with Crippen LogP contribution in [0.25, 0.3) is 0 Å². The van der Waals surface area contributed by atoms with Crippen LogP contribution in [0.2, 0.25) is 0 Å². The number of anilines is 1. The molecule has 1 fully saturated rings. The summed E-state index contributed by atoms with van der Waals surface area (Å²) in [5.74, 6) is -0.291. The van der Waals surface area contributed by atoms with Gasteiger partial charge >= 0.3 is 6.03 Å². The van der Waals surface area contributed by atoms with E-state index in [1.165, 1.54) is 0 Å². The van der Waals surface area contributed by atoms with Crippen LogP contribution < -0.4 is 16.0 Å². The highest BCUT2D eigenvalue weighted by molar-refractivity contribution is 6.02. The van der Waals surface area contributed by atoms with Gasteiger partial charge in [0.1, 0.15) is 0 Å². The first-order valence-electron chi connectivity index (χ1n) is 9.46. The summed E-state index contributed by atoms with van der Waals surface area (Å²) in [5, 5.41) is 8.13. The second kappa shape index (κ2) is 9.50. The summed E-state index contributed by atoms with van der Waals surface area (Å²) in [6.45, 7) is 9.25. The standard InChI is InChI=1S/C20H30N4O3/c1-13(2)19(26)21-16-8-10-24(11-9-16)12-18(25)23-20(27)22-17-7-5-6-14(3)15(17)4/h5-7,13,16H,8-12H2,1-4H3,(H,21,26)(H2,22,23,25,27). The number of likely N-dealkylation sites (tertiary alicyclic amines) is 1. The molecule has 7 heteroatoms. The van der Waals surface area contributed by atoms with Gasteiger partial charge in [0.2, 0.25) is 11.8 Å². The SMILES string of the molecule is Cc1cccc(NC(=O)NC(=O)CN2CCC(NC(=O)C(C)C)CC2)c1C. The molecule has 0 radical (unpaired) electrons. The number of hydrogen-bond donors (Lipinski definition) is 3. The number of nitrogens with zero attached hydrogens (tertiary/aromatic N) is 1. The minimum absolute atomic E-state index is 0.0237. The lowest BCUT2D eigenvalue weighted by atomic mass is 10.0. The second-order valence-electron chi connectivity index (χ2n) is 7.46. The third-order valence-electron chi connectivity index (χ3n) is 4.93. The zero-order valence-corrected chi connectivity index (χ0v) is 16.6. The van der Waals surface area contributed by atoms with E-state index in [0.717, 1.165) is 37.1 Å². The quantitative estimate of drug-likeness (QED) is 0.737. The molecule has 1 aromatic carbocycles. The van der Waals surface area contributed by atoms with Crippen molar-refractivity contribution in [1.29, 1.82) is 0 Å². The summed E-state index contributed by atoms with van der Waals surface area (Å²) in [4.78, 5) is 37.9. The van der Waals surface area contributed by atoms with E-state index in [0.29, 0.717) is 5.69 Å². The number of amides is 4. The molecule has 0 spiro atoms. The van der Waals surface area contributed by atoms with Crippen LogP contribution in [-0.4, -0.2) is 48.4 Å². The first-order chi connectivity index (χ1) is 12.8. The molecule has 0 aromatic heterocycles. The largest absolute Gasteiger partial charge is 0.353 e. The van der Waals surface area contributed by atoms with E-state index < -0.39 is 6.03 Å². The van der Waals surface area contributed by atoms with Gasteiger partial charge in [-0.05, 0) is 43.9 Å². The second-order valence-corrected chi connectivity index (χ2v) is 7.46. The highest BCUT2D eigenvalue weighted by Crippen LogP contribution is 2.17. The molecule has 1 aliphatic heterocycles. The highest BCUT2D eigenvalue weighted by Gasteiger charge is 2.23. The molecule has 0 bridgehead atoms. The van der Waals surface area contributed by atoms with Gasteiger partial charge in [-0.2, -0.15) is 0 Å². The van der Waals surface area contributed by atoms with E-state index in [-0.39, 0.29) is 30.3 Å². The maximum Gasteiger partial charge on any atom is 0.325 e. The van der Waals surface area contributed by atoms with E-state index in [4.69, 9.17) is 0 Å². The van der Waals surface area contributed by atoms with Gasteiger partial charge in [-0.3, -0.25) is 19.8 Å². The summed E-state index contributed by atoms with van der Waals surface area (Å²) in [5.41, 5.74) is 2.75. The lowest BCUT2D eigenvalue weighted by Crippen LogP contribution is -2.49. The van der Waals surface area contributed by atoms with Crippen molar-refractivity contribution >= 4 is 23.5 Å². The predicted molar refractivity (Wildman–Crippen MR) is 106 cm³/mol. The lowest BCUT2D eigenvalue weighted by Gasteiger charge is -2.32. The highest BCUT2D eigenvalue weighted by atomic mass is 16.2. The van der Waals surface area contributed by atoms with Crippen molar-refractivity contribution < 1.29 is 14.4 Å². The number of benzene rings is 1. The Bertz CT molecular complexity index is 694. The van der Waals surface area contributed by atoms with Crippen LogP contribution in [0.3, 0.4) is 0 Å². The van der Waals surface area contributed by atoms with E-state index in [2.05, 4.69) is 16.0 Å². The van der Waals surface area contributed by atoms with Gasteiger partial charge < -0.3 is 10.6 Å². The van der Waals surface area contributed by atoms with Gasteiger partial charge in [0.15, 0.2) is 0 Å². The van der Waals surface area contributed by atoms with Crippen molar-refractivity contribution in [3.63, 3.8) is 0 Å². The Morgan fingerprint density at radius 3 is 2.44 bits per heavy atom. The first-order valence-corrected chi connectivity index (χ1v) is 9.46. The van der Waals surface area contributed by atoms with E-state index in [1.807, 2.05) is 50.8 Å². The zero-order chi connectivity index (χ0) is 20.0. The number of hydrogen-bond acceptors (Lipinski definition) is 4. The van der Waals surface area contributed by atoms with Crippen molar-refractivity contribution in [3.8, 4) is 0 Å². The molecule has 1 aliphatic rings. The molecule has 0 atom stereocenters. The number of aryl methyl sites for hydroxylation is 1. The first kappa shape index (κ1) is 20.9. The number of rotatable bonds is 5. The minimum atomic E-state index is -0.521. The van der Waals surface area contributed by atoms with Crippen molar-refractivity contribution in [1.82, 2.24) is 15.5 Å². The number of carbonyl (C=O) groups is 3. The Hall–Kier alpha value is -2.41. The normalized spacial score (nSPS) is 15.4. The molecule has 2 rings (SSSR count). The van der Waals surface area contributed by atoms with Gasteiger partial charge in [0.25, 0.3) is 0 Å². The molecule has 0 unspecified atom stereocenters. The number of piperidine rings is 1. The summed E-state index contributed by atoms with van der Waals surface area (Å²) in [6, 6.07) is 5.28. The van der Waals surface area contributed by atoms with Crippen LogP contribution in [0.5, 0.6) is 0 Å². The molecule has 0 aliphatic carbocycles. The Labute approximate surface area is 160 Å². The van der Waals surface area contributed by atoms with Crippen molar-refractivity contribution in [3.05, 3.63) is 29.3 Å².